The number of carbonyl (C=O) groups excluding carboxylic acids is 3. The Morgan fingerprint density at radius 2 is 1.70 bits per heavy atom. The van der Waals surface area contributed by atoms with Crippen LogP contribution in [0.1, 0.15) is 18.6 Å². The summed E-state index contributed by atoms with van der Waals surface area (Å²) in [5.41, 5.74) is 0.398. The third kappa shape index (κ3) is 6.43. The monoisotopic (exact) mass is 374 g/mol. The molecule has 0 unspecified atom stereocenters. The van der Waals surface area contributed by atoms with Gasteiger partial charge >= 0.3 is 12.0 Å². The van der Waals surface area contributed by atoms with E-state index in [2.05, 4.69) is 10.6 Å². The molecule has 142 valence electrons. The van der Waals surface area contributed by atoms with E-state index in [-0.39, 0.29) is 5.75 Å². The molecule has 0 aliphatic rings. The summed E-state index contributed by atoms with van der Waals surface area (Å²) in [5, 5.41) is 4.54. The Labute approximate surface area is 155 Å². The molecule has 0 aliphatic carbocycles. The van der Waals surface area contributed by atoms with Crippen LogP contribution in [-0.4, -0.2) is 31.1 Å². The van der Waals surface area contributed by atoms with E-state index in [0.717, 1.165) is 0 Å². The molecule has 0 saturated heterocycles. The molecule has 0 radical (unpaired) electrons. The first-order valence-corrected chi connectivity index (χ1v) is 8.21. The van der Waals surface area contributed by atoms with E-state index in [4.69, 9.17) is 9.47 Å². The molecule has 0 heterocycles. The van der Waals surface area contributed by atoms with Gasteiger partial charge in [-0.2, -0.15) is 0 Å². The zero-order valence-corrected chi connectivity index (χ0v) is 14.6. The van der Waals surface area contributed by atoms with Crippen LogP contribution in [0.25, 0.3) is 0 Å². The van der Waals surface area contributed by atoms with E-state index in [1.807, 2.05) is 0 Å². The van der Waals surface area contributed by atoms with Crippen molar-refractivity contribution in [3.63, 3.8) is 0 Å². The number of urea groups is 1. The first-order valence-electron chi connectivity index (χ1n) is 8.21. The van der Waals surface area contributed by atoms with Crippen LogP contribution in [0.5, 0.6) is 5.75 Å². The number of benzene rings is 2. The maximum absolute atomic E-state index is 12.9. The van der Waals surface area contributed by atoms with Crippen LogP contribution in [0, 0.1) is 5.82 Å². The van der Waals surface area contributed by atoms with Crippen LogP contribution in [-0.2, 0) is 14.3 Å². The van der Waals surface area contributed by atoms with Gasteiger partial charge < -0.3 is 14.8 Å². The molecule has 7 nitrogen and oxygen atoms in total. The van der Waals surface area contributed by atoms with Gasteiger partial charge in [-0.1, -0.05) is 30.3 Å². The minimum absolute atomic E-state index is 0.274. The van der Waals surface area contributed by atoms with Crippen molar-refractivity contribution in [2.75, 3.05) is 13.2 Å². The van der Waals surface area contributed by atoms with E-state index in [0.29, 0.717) is 12.1 Å². The van der Waals surface area contributed by atoms with Gasteiger partial charge in [0.2, 0.25) is 6.10 Å². The van der Waals surface area contributed by atoms with Crippen LogP contribution >= 0.6 is 0 Å². The second kappa shape index (κ2) is 9.91. The molecule has 0 saturated carbocycles. The highest BCUT2D eigenvalue weighted by Gasteiger charge is 2.26. The van der Waals surface area contributed by atoms with Gasteiger partial charge in [-0.15, -0.1) is 0 Å². The Bertz CT molecular complexity index is 780. The lowest BCUT2D eigenvalue weighted by atomic mass is 10.1. The average Bonchev–Trinajstić information content (AvgIpc) is 2.66. The van der Waals surface area contributed by atoms with Gasteiger partial charge in [0.05, 0.1) is 0 Å². The van der Waals surface area contributed by atoms with Gasteiger partial charge in [0, 0.05) is 12.1 Å². The first kappa shape index (κ1) is 19.9. The molecular weight excluding hydrogens is 355 g/mol. The predicted molar refractivity (Wildman–Crippen MR) is 94.4 cm³/mol. The minimum Gasteiger partial charge on any atom is -0.482 e. The number of halogens is 1. The molecule has 3 amide bonds. The summed E-state index contributed by atoms with van der Waals surface area (Å²) < 4.78 is 23.3. The number of hydrogen-bond donors (Lipinski definition) is 2. The highest BCUT2D eigenvalue weighted by atomic mass is 19.1. The zero-order chi connectivity index (χ0) is 19.6. The van der Waals surface area contributed by atoms with Gasteiger partial charge in [-0.3, -0.25) is 10.1 Å². The molecule has 0 aromatic heterocycles. The van der Waals surface area contributed by atoms with Gasteiger partial charge in [0.15, 0.2) is 6.61 Å². The van der Waals surface area contributed by atoms with Gasteiger partial charge in [0.1, 0.15) is 11.6 Å². The largest absolute Gasteiger partial charge is 0.482 e. The Balaban J connectivity index is 2.02. The predicted octanol–water partition coefficient (Wildman–Crippen LogP) is 2.33. The summed E-state index contributed by atoms with van der Waals surface area (Å²) in [5.74, 6) is -1.77. The fraction of sp³-hybridized carbons (Fsp3) is 0.211. The first-order chi connectivity index (χ1) is 13.0. The van der Waals surface area contributed by atoms with Crippen LogP contribution in [0.4, 0.5) is 9.18 Å². The fourth-order valence-electron chi connectivity index (χ4n) is 2.12. The Morgan fingerprint density at radius 3 is 2.33 bits per heavy atom. The van der Waals surface area contributed by atoms with Crippen LogP contribution in [0.3, 0.4) is 0 Å². The summed E-state index contributed by atoms with van der Waals surface area (Å²) in [6.07, 6.45) is -1.32. The van der Waals surface area contributed by atoms with Crippen LogP contribution < -0.4 is 15.4 Å². The van der Waals surface area contributed by atoms with Gasteiger partial charge in [0.25, 0.3) is 5.91 Å². The maximum atomic E-state index is 12.9. The smallest absolute Gasteiger partial charge is 0.345 e. The number of esters is 1. The van der Waals surface area contributed by atoms with Crippen molar-refractivity contribution in [1.82, 2.24) is 10.6 Å². The average molecular weight is 374 g/mol. The molecule has 2 aromatic rings. The third-order valence-electron chi connectivity index (χ3n) is 3.33. The summed E-state index contributed by atoms with van der Waals surface area (Å²) in [6.45, 7) is 1.55. The van der Waals surface area contributed by atoms with Crippen molar-refractivity contribution >= 4 is 17.9 Å². The summed E-state index contributed by atoms with van der Waals surface area (Å²) in [4.78, 5) is 36.0. The molecule has 2 N–H and O–H groups in total. The van der Waals surface area contributed by atoms with E-state index < -0.39 is 36.4 Å². The Morgan fingerprint density at radius 1 is 1.04 bits per heavy atom. The van der Waals surface area contributed by atoms with Crippen molar-refractivity contribution in [2.24, 2.45) is 0 Å². The Kier molecular flexibility index (Phi) is 7.30. The molecule has 2 aromatic carbocycles. The van der Waals surface area contributed by atoms with Gasteiger partial charge in [-0.05, 0) is 31.2 Å². The Hall–Kier alpha value is -3.42. The molecule has 2 rings (SSSR count). The highest BCUT2D eigenvalue weighted by molar-refractivity contribution is 5.97. The topological polar surface area (TPSA) is 93.7 Å². The van der Waals surface area contributed by atoms with Crippen molar-refractivity contribution < 1.29 is 28.2 Å². The molecule has 0 aliphatic heterocycles. The lowest BCUT2D eigenvalue weighted by molar-refractivity contribution is -0.158. The summed E-state index contributed by atoms with van der Waals surface area (Å²) in [6, 6.07) is 12.7. The second-order valence-corrected chi connectivity index (χ2v) is 5.37. The second-order valence-electron chi connectivity index (χ2n) is 5.37. The van der Waals surface area contributed by atoms with E-state index in [1.165, 1.54) is 24.3 Å². The molecule has 27 heavy (non-hydrogen) atoms. The number of hydrogen-bond acceptors (Lipinski definition) is 5. The third-order valence-corrected chi connectivity index (χ3v) is 3.33. The molecule has 8 heteroatoms. The van der Waals surface area contributed by atoms with Crippen molar-refractivity contribution in [3.8, 4) is 5.75 Å². The lowest BCUT2D eigenvalue weighted by Gasteiger charge is -2.18. The maximum Gasteiger partial charge on any atom is 0.345 e. The van der Waals surface area contributed by atoms with Crippen molar-refractivity contribution in [2.45, 2.75) is 13.0 Å². The zero-order valence-electron chi connectivity index (χ0n) is 14.6. The molecule has 0 bridgehead atoms. The molecule has 0 fully saturated rings. The number of imide groups is 1. The minimum atomic E-state index is -1.32. The fourth-order valence-corrected chi connectivity index (χ4v) is 2.12. The summed E-state index contributed by atoms with van der Waals surface area (Å²) >= 11 is 0. The lowest BCUT2D eigenvalue weighted by Crippen LogP contribution is -2.42. The van der Waals surface area contributed by atoms with Crippen molar-refractivity contribution in [1.29, 1.82) is 0 Å². The SMILES string of the molecule is CCNC(=O)NC(=O)[C@H](OC(=O)COc1ccc(F)cc1)c1ccccc1. The number of nitrogens with one attached hydrogen (secondary N) is 2. The number of amides is 3. The van der Waals surface area contributed by atoms with E-state index in [9.17, 15) is 18.8 Å². The summed E-state index contributed by atoms with van der Waals surface area (Å²) in [7, 11) is 0. The highest BCUT2D eigenvalue weighted by Crippen LogP contribution is 2.18. The number of carbonyl (C=O) groups is 3. The number of ether oxygens (including phenoxy) is 2. The molecule has 0 spiro atoms. The normalized spacial score (nSPS) is 11.2. The van der Waals surface area contributed by atoms with Gasteiger partial charge in [-0.25, -0.2) is 14.0 Å². The van der Waals surface area contributed by atoms with Crippen LogP contribution in [0.15, 0.2) is 54.6 Å². The van der Waals surface area contributed by atoms with Crippen LogP contribution in [0.2, 0.25) is 0 Å². The number of rotatable bonds is 7. The van der Waals surface area contributed by atoms with E-state index in [1.54, 1.807) is 37.3 Å². The van der Waals surface area contributed by atoms with Crippen molar-refractivity contribution in [3.05, 3.63) is 66.0 Å². The molecular formula is C19H19FN2O5. The quantitative estimate of drug-likeness (QED) is 0.726. The standard InChI is InChI=1S/C19H19FN2O5/c1-2-21-19(25)22-18(24)17(13-6-4-3-5-7-13)27-16(23)12-26-15-10-8-14(20)9-11-15/h3-11,17H,2,12H2,1H3,(H2,21,22,24,25)/t17-/m1/s1. The molecule has 1 atom stereocenters. The van der Waals surface area contributed by atoms with E-state index >= 15 is 0 Å².